The number of halogens is 4. The molecular weight excluding hydrogens is 604 g/mol. The number of carboxylic acids is 1. The molecule has 0 aliphatic carbocycles. The number of carboxylic acid groups (broad SMARTS) is 1. The van der Waals surface area contributed by atoms with Crippen LogP contribution in [0, 0.1) is 12.7 Å². The molecule has 1 fully saturated rings. The summed E-state index contributed by atoms with van der Waals surface area (Å²) >= 11 is 0. The van der Waals surface area contributed by atoms with E-state index < -0.39 is 46.9 Å². The van der Waals surface area contributed by atoms with Gasteiger partial charge in [0.05, 0.1) is 17.7 Å². The number of carbonyl (C=O) groups is 1. The van der Waals surface area contributed by atoms with E-state index in [1.165, 1.54) is 13.0 Å². The molecule has 1 aromatic heterocycles. The molecule has 1 aliphatic heterocycles. The van der Waals surface area contributed by atoms with E-state index in [9.17, 15) is 37.1 Å². The summed E-state index contributed by atoms with van der Waals surface area (Å²) in [5, 5.41) is 9.32. The van der Waals surface area contributed by atoms with Crippen molar-refractivity contribution in [1.29, 1.82) is 0 Å². The van der Waals surface area contributed by atoms with Crippen LogP contribution in [0.15, 0.2) is 82.4 Å². The Morgan fingerprint density at radius 1 is 0.891 bits per heavy atom. The van der Waals surface area contributed by atoms with Gasteiger partial charge in [0, 0.05) is 50.5 Å². The molecule has 0 saturated carbocycles. The Balaban J connectivity index is 1.52. The van der Waals surface area contributed by atoms with E-state index in [0.717, 1.165) is 38.5 Å². The maximum atomic E-state index is 15.0. The summed E-state index contributed by atoms with van der Waals surface area (Å²) < 4.78 is 58.8. The molecular formula is C34H34F4N4O4. The average molecular weight is 639 g/mol. The number of benzene rings is 3. The second kappa shape index (κ2) is 13.3. The summed E-state index contributed by atoms with van der Waals surface area (Å²) in [4.78, 5) is 43.2. The summed E-state index contributed by atoms with van der Waals surface area (Å²) in [6, 6.07) is 18.6. The van der Waals surface area contributed by atoms with Crippen LogP contribution in [-0.4, -0.2) is 51.3 Å². The van der Waals surface area contributed by atoms with E-state index in [1.54, 1.807) is 12.1 Å². The summed E-state index contributed by atoms with van der Waals surface area (Å²) in [7, 11) is 0. The van der Waals surface area contributed by atoms with Crippen LogP contribution in [0.3, 0.4) is 0 Å². The molecule has 1 N–H and O–H groups in total. The minimum absolute atomic E-state index is 0.0295. The lowest BCUT2D eigenvalue weighted by Gasteiger charge is -2.37. The van der Waals surface area contributed by atoms with Crippen LogP contribution in [0.1, 0.15) is 51.1 Å². The van der Waals surface area contributed by atoms with Gasteiger partial charge in [-0.05, 0) is 48.2 Å². The fourth-order valence-electron chi connectivity index (χ4n) is 5.99. The average Bonchev–Trinajstić information content (AvgIpc) is 3.02. The van der Waals surface area contributed by atoms with E-state index in [-0.39, 0.29) is 29.4 Å². The Morgan fingerprint density at radius 2 is 1.57 bits per heavy atom. The standard InChI is InChI=1S/C34H34F4N4O4/c1-22(25-9-4-3-5-10-25)19-42-31(43)30(40-16-14-39(15-17-40)20-24-8-6-11-26(18-24)32(44)45)23(2)41(33(42)46)21-27-28(34(36,37)38)12-7-13-29(27)35/h3-13,18,22H,14-17,19-21H2,1-2H3,(H,44,45)/t22-/m0/s1. The molecule has 0 radical (unpaired) electrons. The van der Waals surface area contributed by atoms with Gasteiger partial charge >= 0.3 is 17.8 Å². The van der Waals surface area contributed by atoms with Crippen molar-refractivity contribution in [2.45, 2.75) is 45.6 Å². The number of aromatic nitrogens is 2. The van der Waals surface area contributed by atoms with Crippen LogP contribution in [-0.2, 0) is 25.8 Å². The maximum absolute atomic E-state index is 15.0. The van der Waals surface area contributed by atoms with Crippen LogP contribution in [0.2, 0.25) is 0 Å². The summed E-state index contributed by atoms with van der Waals surface area (Å²) in [5.74, 6) is -2.40. The fourth-order valence-corrected chi connectivity index (χ4v) is 5.99. The molecule has 12 heteroatoms. The predicted molar refractivity (Wildman–Crippen MR) is 166 cm³/mol. The second-order valence-electron chi connectivity index (χ2n) is 11.6. The van der Waals surface area contributed by atoms with E-state index >= 15 is 0 Å². The van der Waals surface area contributed by atoms with Gasteiger partial charge in [0.15, 0.2) is 0 Å². The lowest BCUT2D eigenvalue weighted by Crippen LogP contribution is -2.51. The lowest BCUT2D eigenvalue weighted by atomic mass is 10.0. The van der Waals surface area contributed by atoms with Gasteiger partial charge in [-0.25, -0.2) is 14.0 Å². The summed E-state index contributed by atoms with van der Waals surface area (Å²) in [5.41, 5.74) is -1.04. The molecule has 8 nitrogen and oxygen atoms in total. The first-order valence-corrected chi connectivity index (χ1v) is 14.9. The van der Waals surface area contributed by atoms with Crippen LogP contribution in [0.5, 0.6) is 0 Å². The van der Waals surface area contributed by atoms with E-state index in [1.807, 2.05) is 48.2 Å². The zero-order valence-corrected chi connectivity index (χ0v) is 25.4. The molecule has 3 aromatic carbocycles. The Hall–Kier alpha value is -4.71. The quantitative estimate of drug-likeness (QED) is 0.249. The maximum Gasteiger partial charge on any atom is 0.416 e. The molecule has 0 spiro atoms. The molecule has 2 heterocycles. The minimum Gasteiger partial charge on any atom is -0.478 e. The highest BCUT2D eigenvalue weighted by Gasteiger charge is 2.35. The van der Waals surface area contributed by atoms with Crippen LogP contribution in [0.4, 0.5) is 23.2 Å². The number of alkyl halides is 3. The number of rotatable bonds is 9. The second-order valence-corrected chi connectivity index (χ2v) is 11.6. The SMILES string of the molecule is Cc1c(N2CCN(Cc3cccc(C(=O)O)c3)CC2)c(=O)n(C[C@H](C)c2ccccc2)c(=O)n1Cc1c(F)cccc1C(F)(F)F. The van der Waals surface area contributed by atoms with Crippen molar-refractivity contribution in [3.63, 3.8) is 0 Å². The van der Waals surface area contributed by atoms with Crippen LogP contribution >= 0.6 is 0 Å². The Morgan fingerprint density at radius 3 is 2.22 bits per heavy atom. The van der Waals surface area contributed by atoms with Gasteiger partial charge in [-0.2, -0.15) is 13.2 Å². The van der Waals surface area contributed by atoms with Gasteiger partial charge in [-0.15, -0.1) is 0 Å². The van der Waals surface area contributed by atoms with Crippen molar-refractivity contribution in [3.8, 4) is 0 Å². The van der Waals surface area contributed by atoms with Crippen molar-refractivity contribution in [2.24, 2.45) is 0 Å². The summed E-state index contributed by atoms with van der Waals surface area (Å²) in [6.45, 7) is 4.84. The topological polar surface area (TPSA) is 87.8 Å². The van der Waals surface area contributed by atoms with E-state index in [4.69, 9.17) is 0 Å². The van der Waals surface area contributed by atoms with E-state index in [0.29, 0.717) is 32.7 Å². The Kier molecular flexibility index (Phi) is 9.47. The summed E-state index contributed by atoms with van der Waals surface area (Å²) in [6.07, 6.45) is -4.85. The van der Waals surface area contributed by atoms with Crippen molar-refractivity contribution in [1.82, 2.24) is 14.0 Å². The molecule has 0 bridgehead atoms. The van der Waals surface area contributed by atoms with Crippen molar-refractivity contribution < 1.29 is 27.5 Å². The number of hydrogen-bond donors (Lipinski definition) is 1. The Bertz CT molecular complexity index is 1850. The zero-order valence-electron chi connectivity index (χ0n) is 25.4. The number of nitrogens with zero attached hydrogens (tertiary/aromatic N) is 4. The van der Waals surface area contributed by atoms with Crippen LogP contribution < -0.4 is 16.1 Å². The number of aromatic carboxylic acids is 1. The normalized spacial score (nSPS) is 14.8. The molecule has 1 aliphatic rings. The Labute approximate surface area is 262 Å². The molecule has 46 heavy (non-hydrogen) atoms. The third-order valence-electron chi connectivity index (χ3n) is 8.49. The molecule has 242 valence electrons. The zero-order chi connectivity index (χ0) is 33.2. The number of anilines is 1. The molecule has 0 amide bonds. The first-order valence-electron chi connectivity index (χ1n) is 14.9. The third kappa shape index (κ3) is 6.91. The molecule has 5 rings (SSSR count). The first-order chi connectivity index (χ1) is 21.8. The highest BCUT2D eigenvalue weighted by molar-refractivity contribution is 5.87. The number of hydrogen-bond acceptors (Lipinski definition) is 5. The van der Waals surface area contributed by atoms with Gasteiger partial charge in [0.25, 0.3) is 5.56 Å². The number of piperazine rings is 1. The lowest BCUT2D eigenvalue weighted by molar-refractivity contribution is -0.138. The minimum atomic E-state index is -4.85. The van der Waals surface area contributed by atoms with Crippen LogP contribution in [0.25, 0.3) is 0 Å². The highest BCUT2D eigenvalue weighted by Crippen LogP contribution is 2.33. The fraction of sp³-hybridized carbons (Fsp3) is 0.324. The van der Waals surface area contributed by atoms with Crippen molar-refractivity contribution in [2.75, 3.05) is 31.1 Å². The molecule has 0 unspecified atom stereocenters. The first kappa shape index (κ1) is 32.7. The van der Waals surface area contributed by atoms with Gasteiger partial charge in [0.2, 0.25) is 0 Å². The van der Waals surface area contributed by atoms with E-state index in [2.05, 4.69) is 4.90 Å². The van der Waals surface area contributed by atoms with Gasteiger partial charge in [0.1, 0.15) is 11.5 Å². The van der Waals surface area contributed by atoms with Crippen molar-refractivity contribution in [3.05, 3.63) is 133 Å². The van der Waals surface area contributed by atoms with Gasteiger partial charge in [-0.1, -0.05) is 55.5 Å². The monoisotopic (exact) mass is 638 g/mol. The van der Waals surface area contributed by atoms with Crippen molar-refractivity contribution >= 4 is 11.7 Å². The van der Waals surface area contributed by atoms with Gasteiger partial charge < -0.3 is 10.0 Å². The molecule has 4 aromatic rings. The predicted octanol–water partition coefficient (Wildman–Crippen LogP) is 5.35. The molecule has 1 saturated heterocycles. The smallest absolute Gasteiger partial charge is 0.416 e. The largest absolute Gasteiger partial charge is 0.478 e. The van der Waals surface area contributed by atoms with Gasteiger partial charge in [-0.3, -0.25) is 18.8 Å². The highest BCUT2D eigenvalue weighted by atomic mass is 19.4. The third-order valence-corrected chi connectivity index (χ3v) is 8.49. The molecule has 1 atom stereocenters.